The van der Waals surface area contributed by atoms with Crippen molar-refractivity contribution in [3.05, 3.63) is 60.3 Å². The zero-order valence-electron chi connectivity index (χ0n) is 25.0. The number of carbonyl (C=O) groups is 1. The molecule has 1 fully saturated rings. The number of alkyl halides is 6. The number of sulfonamides is 1. The third kappa shape index (κ3) is 8.72. The van der Waals surface area contributed by atoms with Crippen LogP contribution in [0.2, 0.25) is 0 Å². The minimum atomic E-state index is -4.98. The number of nitrogens with zero attached hydrogens (tertiary/aromatic N) is 5. The molecule has 0 aliphatic carbocycles. The molecule has 48 heavy (non-hydrogen) atoms. The van der Waals surface area contributed by atoms with Gasteiger partial charge in [0.15, 0.2) is 10.8 Å². The molecule has 5 rings (SSSR count). The molecular formula is C28H27F6N7O5S2. The number of carbonyl (C=O) groups excluding carboxylic acids is 1. The average Bonchev–Trinajstić information content (AvgIpc) is 3.42. The van der Waals surface area contributed by atoms with E-state index in [4.69, 9.17) is 0 Å². The Hall–Kier alpha value is -4.43. The van der Waals surface area contributed by atoms with E-state index in [1.165, 1.54) is 23.5 Å². The lowest BCUT2D eigenvalue weighted by Crippen LogP contribution is -2.60. The largest absolute Gasteiger partial charge is 0.573 e. The number of piperazine rings is 1. The number of hydrogen-bond donors (Lipinski definition) is 2. The zero-order chi connectivity index (χ0) is 34.9. The lowest BCUT2D eigenvalue weighted by Gasteiger charge is -2.39. The van der Waals surface area contributed by atoms with Crippen molar-refractivity contribution in [3.8, 4) is 11.5 Å². The summed E-state index contributed by atoms with van der Waals surface area (Å²) in [4.78, 5) is 28.2. The molecule has 1 aliphatic heterocycles. The van der Waals surface area contributed by atoms with Crippen molar-refractivity contribution in [2.75, 3.05) is 29.9 Å². The Balaban J connectivity index is 1.39. The second-order valence-electron chi connectivity index (χ2n) is 10.7. The van der Waals surface area contributed by atoms with Gasteiger partial charge in [0.25, 0.3) is 0 Å². The van der Waals surface area contributed by atoms with Crippen LogP contribution in [0.5, 0.6) is 11.5 Å². The summed E-state index contributed by atoms with van der Waals surface area (Å²) in [5, 5.41) is 6.15. The minimum Gasteiger partial charge on any atom is -0.406 e. The number of halogens is 6. The molecule has 3 heterocycles. The van der Waals surface area contributed by atoms with Gasteiger partial charge in [-0.15, -0.1) is 26.3 Å². The van der Waals surface area contributed by atoms with Crippen LogP contribution in [0.1, 0.15) is 19.4 Å². The third-order valence-electron chi connectivity index (χ3n) is 6.75. The van der Waals surface area contributed by atoms with E-state index in [-0.39, 0.29) is 37.1 Å². The van der Waals surface area contributed by atoms with Crippen molar-refractivity contribution in [1.82, 2.24) is 24.6 Å². The summed E-state index contributed by atoms with van der Waals surface area (Å²) in [5.74, 6) is -1.46. The highest BCUT2D eigenvalue weighted by atomic mass is 32.2. The molecule has 258 valence electrons. The van der Waals surface area contributed by atoms with Crippen LogP contribution in [-0.2, 0) is 21.4 Å². The van der Waals surface area contributed by atoms with Crippen LogP contribution < -0.4 is 25.0 Å². The predicted molar refractivity (Wildman–Crippen MR) is 162 cm³/mol. The number of thiazole rings is 1. The van der Waals surface area contributed by atoms with Crippen LogP contribution in [0.3, 0.4) is 0 Å². The monoisotopic (exact) mass is 719 g/mol. The van der Waals surface area contributed by atoms with E-state index in [9.17, 15) is 39.6 Å². The fraction of sp³-hybridized carbons (Fsp3) is 0.357. The molecule has 4 aromatic rings. The third-order valence-corrected chi connectivity index (χ3v) is 9.71. The number of amides is 1. The molecule has 1 amide bonds. The van der Waals surface area contributed by atoms with Crippen LogP contribution in [-0.4, -0.2) is 78.0 Å². The highest BCUT2D eigenvalue weighted by Gasteiger charge is 2.41. The van der Waals surface area contributed by atoms with E-state index < -0.39 is 46.2 Å². The quantitative estimate of drug-likeness (QED) is 0.218. The Morgan fingerprint density at radius 3 is 2.15 bits per heavy atom. The summed E-state index contributed by atoms with van der Waals surface area (Å²) >= 11 is 1.24. The van der Waals surface area contributed by atoms with Gasteiger partial charge in [-0.2, -0.15) is 14.3 Å². The molecule has 0 bridgehead atoms. The van der Waals surface area contributed by atoms with Gasteiger partial charge in [-0.3, -0.25) is 4.79 Å². The first-order chi connectivity index (χ1) is 22.5. The van der Waals surface area contributed by atoms with Crippen LogP contribution in [0, 0.1) is 0 Å². The fourth-order valence-electron chi connectivity index (χ4n) is 4.69. The van der Waals surface area contributed by atoms with Crippen molar-refractivity contribution in [2.45, 2.75) is 50.1 Å². The molecular weight excluding hydrogens is 692 g/mol. The number of fused-ring (bicyclic) bond motifs is 1. The first-order valence-corrected chi connectivity index (χ1v) is 16.4. The van der Waals surface area contributed by atoms with E-state index in [1.54, 1.807) is 11.1 Å². The lowest BCUT2D eigenvalue weighted by molar-refractivity contribution is -0.275. The van der Waals surface area contributed by atoms with Gasteiger partial charge in [0, 0.05) is 32.2 Å². The first-order valence-electron chi connectivity index (χ1n) is 14.1. The summed E-state index contributed by atoms with van der Waals surface area (Å²) in [6, 6.07) is 7.04. The normalized spacial score (nSPS) is 16.3. The summed E-state index contributed by atoms with van der Waals surface area (Å²) < 4.78 is 112. The van der Waals surface area contributed by atoms with Crippen molar-refractivity contribution >= 4 is 48.7 Å². The molecule has 12 nitrogen and oxygen atoms in total. The maximum atomic E-state index is 13.8. The van der Waals surface area contributed by atoms with Crippen LogP contribution >= 0.6 is 11.3 Å². The Bertz CT molecular complexity index is 1850. The number of nitrogens with one attached hydrogen (secondary N) is 2. The van der Waals surface area contributed by atoms with Gasteiger partial charge in [-0.1, -0.05) is 23.5 Å². The topological polar surface area (TPSA) is 139 Å². The van der Waals surface area contributed by atoms with Gasteiger partial charge in [0.2, 0.25) is 21.9 Å². The van der Waals surface area contributed by atoms with Gasteiger partial charge < -0.3 is 25.0 Å². The maximum Gasteiger partial charge on any atom is 0.573 e. The summed E-state index contributed by atoms with van der Waals surface area (Å²) in [7, 11) is -4.43. The van der Waals surface area contributed by atoms with Crippen molar-refractivity contribution < 1.29 is 49.0 Å². The van der Waals surface area contributed by atoms with Crippen LogP contribution in [0.4, 0.5) is 37.4 Å². The first kappa shape index (κ1) is 34.9. The molecule has 1 aliphatic rings. The van der Waals surface area contributed by atoms with Gasteiger partial charge in [-0.25, -0.2) is 13.4 Å². The number of aromatic nitrogens is 3. The Morgan fingerprint density at radius 1 is 0.958 bits per heavy atom. The highest BCUT2D eigenvalue weighted by Crippen LogP contribution is 2.32. The zero-order valence-corrected chi connectivity index (χ0v) is 26.7. The molecule has 20 heteroatoms. The van der Waals surface area contributed by atoms with Gasteiger partial charge in [0.05, 0.1) is 15.8 Å². The number of ether oxygens (including phenoxy) is 2. The number of benzene rings is 2. The van der Waals surface area contributed by atoms with E-state index in [0.29, 0.717) is 27.0 Å². The molecule has 2 aromatic carbocycles. The summed E-state index contributed by atoms with van der Waals surface area (Å²) in [6.45, 7) is 3.40. The second-order valence-corrected chi connectivity index (χ2v) is 13.6. The molecule has 0 radical (unpaired) electrons. The Kier molecular flexibility index (Phi) is 9.88. The standard InChI is InChI=1S/C28H27F6N7O5S2/c1-16(2)37-25-36-14-22-23(38-25)39-26(47-22)40-11-12-41(48(43,44)20-9-7-19(8-10-20)46-28(32,33)34)21(15-40)24(42)35-13-17-3-5-18(6-4-17)45-27(29,30)31/h3-10,14,16,21H,11-13,15H2,1-2H3,(H,35,42)(H,36,37,38)/t21-/m1/s1. The summed E-state index contributed by atoms with van der Waals surface area (Å²) in [5.41, 5.74) is 0.791. The molecule has 0 unspecified atom stereocenters. The van der Waals surface area contributed by atoms with Crippen molar-refractivity contribution in [3.63, 3.8) is 0 Å². The molecule has 1 atom stereocenters. The number of rotatable bonds is 10. The molecule has 0 saturated carbocycles. The fourth-order valence-corrected chi connectivity index (χ4v) is 7.18. The molecule has 0 spiro atoms. The van der Waals surface area contributed by atoms with E-state index in [2.05, 4.69) is 35.1 Å². The minimum absolute atomic E-state index is 0.0642. The van der Waals surface area contributed by atoms with Crippen molar-refractivity contribution in [1.29, 1.82) is 0 Å². The number of hydrogen-bond acceptors (Lipinski definition) is 11. The SMILES string of the molecule is CC(C)Nc1ncc2sc(N3CCN(S(=O)(=O)c4ccc(OC(F)(F)F)cc4)[C@@H](C(=O)NCc4ccc(OC(F)(F)F)cc4)C3)nc2n1. The van der Waals surface area contributed by atoms with E-state index >= 15 is 0 Å². The molecule has 2 N–H and O–H groups in total. The van der Waals surface area contributed by atoms with Gasteiger partial charge in [-0.05, 0) is 55.8 Å². The Morgan fingerprint density at radius 2 is 1.56 bits per heavy atom. The van der Waals surface area contributed by atoms with E-state index in [0.717, 1.165) is 40.7 Å². The number of anilines is 2. The smallest absolute Gasteiger partial charge is 0.406 e. The second kappa shape index (κ2) is 13.6. The predicted octanol–water partition coefficient (Wildman–Crippen LogP) is 4.90. The summed E-state index contributed by atoms with van der Waals surface area (Å²) in [6.07, 6.45) is -8.27. The average molecular weight is 720 g/mol. The Labute approximate surface area is 273 Å². The van der Waals surface area contributed by atoms with Gasteiger partial charge >= 0.3 is 12.7 Å². The van der Waals surface area contributed by atoms with Crippen LogP contribution in [0.15, 0.2) is 59.6 Å². The molecule has 1 saturated heterocycles. The maximum absolute atomic E-state index is 13.8. The lowest BCUT2D eigenvalue weighted by atomic mass is 10.1. The van der Waals surface area contributed by atoms with E-state index in [1.807, 2.05) is 13.8 Å². The van der Waals surface area contributed by atoms with Crippen molar-refractivity contribution in [2.24, 2.45) is 0 Å². The highest BCUT2D eigenvalue weighted by molar-refractivity contribution is 7.89. The van der Waals surface area contributed by atoms with Gasteiger partial charge in [0.1, 0.15) is 17.5 Å². The van der Waals surface area contributed by atoms with Crippen LogP contribution in [0.25, 0.3) is 10.3 Å². The molecule has 2 aromatic heterocycles.